The number of hydrogen-bond donors (Lipinski definition) is 3. The average molecular weight is 556 g/mol. The lowest BCUT2D eigenvalue weighted by atomic mass is 9.85. The van der Waals surface area contributed by atoms with Gasteiger partial charge in [-0.1, -0.05) is 24.3 Å². The first kappa shape index (κ1) is 28.3. The van der Waals surface area contributed by atoms with Crippen LogP contribution in [0.5, 0.6) is 0 Å². The Morgan fingerprint density at radius 2 is 1.77 bits per heavy atom. The molecule has 40 heavy (non-hydrogen) atoms. The lowest BCUT2D eigenvalue weighted by Crippen LogP contribution is -2.43. The molecule has 3 aromatic carbocycles. The number of rotatable bonds is 7. The van der Waals surface area contributed by atoms with Gasteiger partial charge in [-0.2, -0.15) is 18.3 Å². The minimum atomic E-state index is -4.98. The van der Waals surface area contributed by atoms with Gasteiger partial charge >= 0.3 is 6.18 Å². The topological polar surface area (TPSA) is 115 Å². The molecule has 0 aliphatic heterocycles. The molecule has 1 atom stereocenters. The van der Waals surface area contributed by atoms with Crippen molar-refractivity contribution in [3.8, 4) is 5.69 Å². The Labute approximate surface area is 225 Å². The van der Waals surface area contributed by atoms with E-state index < -0.39 is 23.5 Å². The minimum Gasteiger partial charge on any atom is -0.372 e. The second-order valence-corrected chi connectivity index (χ2v) is 8.83. The van der Waals surface area contributed by atoms with Gasteiger partial charge in [0.1, 0.15) is 5.82 Å². The Morgan fingerprint density at radius 1 is 1.07 bits per heavy atom. The van der Waals surface area contributed by atoms with Crippen LogP contribution < -0.4 is 11.1 Å². The summed E-state index contributed by atoms with van der Waals surface area (Å²) in [6.45, 7) is 2.21. The predicted molar refractivity (Wildman–Crippen MR) is 141 cm³/mol. The minimum absolute atomic E-state index is 0.0799. The molecule has 0 saturated heterocycles. The monoisotopic (exact) mass is 555 g/mol. The van der Waals surface area contributed by atoms with Crippen LogP contribution in [0.3, 0.4) is 0 Å². The lowest BCUT2D eigenvalue weighted by Gasteiger charge is -2.31. The van der Waals surface area contributed by atoms with Crippen LogP contribution in [0.15, 0.2) is 79.1 Å². The first-order valence-corrected chi connectivity index (χ1v) is 12.1. The van der Waals surface area contributed by atoms with Crippen molar-refractivity contribution in [2.45, 2.75) is 25.2 Å². The largest absolute Gasteiger partial charge is 0.425 e. The van der Waals surface area contributed by atoms with E-state index in [0.29, 0.717) is 40.4 Å². The molecule has 0 radical (unpaired) electrons. The van der Waals surface area contributed by atoms with Crippen molar-refractivity contribution in [2.75, 3.05) is 6.54 Å². The molecular weight excluding hydrogens is 530 g/mol. The van der Waals surface area contributed by atoms with Crippen LogP contribution >= 0.6 is 0 Å². The van der Waals surface area contributed by atoms with Crippen molar-refractivity contribution < 1.29 is 32.3 Å². The molecular formula is C28H25F4N5O3. The van der Waals surface area contributed by atoms with E-state index in [0.717, 1.165) is 0 Å². The second kappa shape index (κ2) is 11.2. The fourth-order valence-electron chi connectivity index (χ4n) is 4.46. The summed E-state index contributed by atoms with van der Waals surface area (Å²) < 4.78 is 60.0. The number of amides is 2. The van der Waals surface area contributed by atoms with Gasteiger partial charge in [0.25, 0.3) is 0 Å². The number of aromatic nitrogens is 3. The van der Waals surface area contributed by atoms with Gasteiger partial charge in [-0.3, -0.25) is 9.59 Å². The summed E-state index contributed by atoms with van der Waals surface area (Å²) in [7, 11) is 0. The number of halogens is 4. The third kappa shape index (κ3) is 5.25. The molecule has 12 heteroatoms. The van der Waals surface area contributed by atoms with Gasteiger partial charge in [-0.25, -0.2) is 9.07 Å². The van der Waals surface area contributed by atoms with Crippen molar-refractivity contribution in [3.63, 3.8) is 0 Å². The molecule has 4 N–H and O–H groups in total. The lowest BCUT2D eigenvalue weighted by molar-refractivity contribution is -0.247. The zero-order chi connectivity index (χ0) is 29.1. The first-order chi connectivity index (χ1) is 19.0. The van der Waals surface area contributed by atoms with E-state index in [1.165, 1.54) is 59.5 Å². The maximum absolute atomic E-state index is 14.5. The standard InChI is InChI=1S/C25H19F4N3O.C3H6N2O2/c1-2-31-15-21(20-5-3-4-6-23(20)31)24(33,25(27,28)29)17-7-12-22-16(13-17)14-30-32(22)19-10-8-18(26)9-11-19;4-3(7)1-5-2-6/h3-15,33H,2H2,1H3;2H,1H2,(H2,4,7)(H,5,6). The molecule has 1 unspecified atom stereocenters. The molecule has 0 aliphatic rings. The zero-order valence-electron chi connectivity index (χ0n) is 21.2. The predicted octanol–water partition coefficient (Wildman–Crippen LogP) is 4.16. The summed E-state index contributed by atoms with van der Waals surface area (Å²) in [5.74, 6) is -0.939. The fourth-order valence-corrected chi connectivity index (χ4v) is 4.46. The number of nitrogens with two attached hydrogens (primary N) is 1. The van der Waals surface area contributed by atoms with Gasteiger partial charge in [0.15, 0.2) is 0 Å². The number of alkyl halides is 3. The Kier molecular flexibility index (Phi) is 7.91. The summed E-state index contributed by atoms with van der Waals surface area (Å²) in [4.78, 5) is 19.1. The maximum Gasteiger partial charge on any atom is 0.425 e. The van der Waals surface area contributed by atoms with Crippen molar-refractivity contribution in [2.24, 2.45) is 5.73 Å². The molecule has 0 saturated carbocycles. The quantitative estimate of drug-likeness (QED) is 0.207. The van der Waals surface area contributed by atoms with Crippen molar-refractivity contribution in [3.05, 3.63) is 96.1 Å². The van der Waals surface area contributed by atoms with E-state index >= 15 is 0 Å². The zero-order valence-corrected chi connectivity index (χ0v) is 21.2. The Hall–Kier alpha value is -4.71. The van der Waals surface area contributed by atoms with Crippen LogP contribution in [0.2, 0.25) is 0 Å². The van der Waals surface area contributed by atoms with E-state index in [-0.39, 0.29) is 17.7 Å². The van der Waals surface area contributed by atoms with Crippen molar-refractivity contribution >= 4 is 34.1 Å². The van der Waals surface area contributed by atoms with Gasteiger partial charge in [-0.15, -0.1) is 0 Å². The summed E-state index contributed by atoms with van der Waals surface area (Å²) in [6.07, 6.45) is -1.76. The smallest absolute Gasteiger partial charge is 0.372 e. The second-order valence-electron chi connectivity index (χ2n) is 8.83. The highest BCUT2D eigenvalue weighted by Crippen LogP contribution is 2.47. The summed E-state index contributed by atoms with van der Waals surface area (Å²) >= 11 is 0. The van der Waals surface area contributed by atoms with E-state index in [4.69, 9.17) is 0 Å². The van der Waals surface area contributed by atoms with Crippen molar-refractivity contribution in [1.29, 1.82) is 0 Å². The van der Waals surface area contributed by atoms with Crippen LogP contribution in [0.4, 0.5) is 17.6 Å². The number of para-hydroxylation sites is 1. The van der Waals surface area contributed by atoms with Crippen LogP contribution in [-0.2, 0) is 21.7 Å². The highest BCUT2D eigenvalue weighted by atomic mass is 19.4. The van der Waals surface area contributed by atoms with E-state index in [9.17, 15) is 32.3 Å². The van der Waals surface area contributed by atoms with Gasteiger partial charge in [0.05, 0.1) is 23.9 Å². The number of primary amides is 1. The molecule has 2 heterocycles. The van der Waals surface area contributed by atoms with Crippen LogP contribution in [0.25, 0.3) is 27.5 Å². The highest BCUT2D eigenvalue weighted by molar-refractivity contribution is 5.87. The fraction of sp³-hybridized carbons (Fsp3) is 0.179. The van der Waals surface area contributed by atoms with Crippen LogP contribution in [-0.4, -0.2) is 44.5 Å². The Morgan fingerprint density at radius 3 is 2.38 bits per heavy atom. The SMILES string of the molecule is CCn1cc(C(O)(c2ccc3c(cnn3-c3ccc(F)cc3)c2)C(F)(F)F)c2ccccc21.NC(=O)CNC=O. The molecule has 0 spiro atoms. The molecule has 0 aliphatic carbocycles. The maximum atomic E-state index is 14.5. The molecule has 208 valence electrons. The molecule has 8 nitrogen and oxygen atoms in total. The summed E-state index contributed by atoms with van der Waals surface area (Å²) in [5, 5.41) is 18.4. The van der Waals surface area contributed by atoms with Crippen molar-refractivity contribution in [1.82, 2.24) is 19.7 Å². The van der Waals surface area contributed by atoms with Gasteiger partial charge < -0.3 is 20.7 Å². The number of carbonyl (C=O) groups excluding carboxylic acids is 2. The number of hydrogen-bond acceptors (Lipinski definition) is 4. The molecule has 0 bridgehead atoms. The summed E-state index contributed by atoms with van der Waals surface area (Å²) in [5.41, 5.74) is 2.58. The van der Waals surface area contributed by atoms with E-state index in [1.807, 2.05) is 6.92 Å². The molecule has 0 fully saturated rings. The number of benzene rings is 3. The average Bonchev–Trinajstić information content (AvgIpc) is 3.53. The van der Waals surface area contributed by atoms with Crippen LogP contribution in [0, 0.1) is 5.82 Å². The molecule has 2 amide bonds. The van der Waals surface area contributed by atoms with E-state index in [2.05, 4.69) is 16.1 Å². The van der Waals surface area contributed by atoms with Gasteiger partial charge in [0.2, 0.25) is 17.9 Å². The third-order valence-electron chi connectivity index (χ3n) is 6.35. The number of nitrogens with zero attached hydrogens (tertiary/aromatic N) is 3. The number of carbonyl (C=O) groups is 2. The van der Waals surface area contributed by atoms with E-state index in [1.54, 1.807) is 28.8 Å². The number of nitrogens with one attached hydrogen (secondary N) is 1. The van der Waals surface area contributed by atoms with Gasteiger partial charge in [-0.05, 0) is 55.0 Å². The third-order valence-corrected chi connectivity index (χ3v) is 6.35. The summed E-state index contributed by atoms with van der Waals surface area (Å²) in [6, 6.07) is 16.4. The Bertz CT molecular complexity index is 1660. The normalized spacial score (nSPS) is 12.9. The molecule has 5 rings (SSSR count). The Balaban J connectivity index is 0.000000470. The van der Waals surface area contributed by atoms with Gasteiger partial charge in [0, 0.05) is 34.6 Å². The van der Waals surface area contributed by atoms with Crippen LogP contribution in [0.1, 0.15) is 18.1 Å². The molecule has 2 aromatic heterocycles. The number of aliphatic hydroxyl groups is 1. The highest BCUT2D eigenvalue weighted by Gasteiger charge is 2.57. The molecule has 5 aromatic rings. The number of fused-ring (bicyclic) bond motifs is 2. The number of aryl methyl sites for hydroxylation is 1. The first-order valence-electron chi connectivity index (χ1n) is 12.1.